The van der Waals surface area contributed by atoms with E-state index in [1.54, 1.807) is 17.7 Å². The van der Waals surface area contributed by atoms with Crippen molar-refractivity contribution in [3.63, 3.8) is 0 Å². The van der Waals surface area contributed by atoms with Crippen LogP contribution in [-0.2, 0) is 0 Å². The van der Waals surface area contributed by atoms with Crippen LogP contribution in [0.25, 0.3) is 10.2 Å². The smallest absolute Gasteiger partial charge is 0.138 e. The van der Waals surface area contributed by atoms with Gasteiger partial charge in [-0.3, -0.25) is 4.90 Å². The predicted octanol–water partition coefficient (Wildman–Crippen LogP) is 4.62. The number of fused-ring (bicyclic) bond motifs is 1. The minimum Gasteiger partial charge on any atom is -0.367 e. The molecular weight excluding hydrogens is 336 g/mol. The quantitative estimate of drug-likeness (QED) is 0.722. The molecule has 126 valence electrons. The molecule has 3 aromatic rings. The third kappa shape index (κ3) is 2.94. The summed E-state index contributed by atoms with van der Waals surface area (Å²) in [4.78, 5) is 15.4. The Labute approximate surface area is 150 Å². The van der Waals surface area contributed by atoms with Gasteiger partial charge in [-0.2, -0.15) is 0 Å². The second-order valence-corrected chi connectivity index (χ2v) is 8.52. The monoisotopic (exact) mass is 358 g/mol. The van der Waals surface area contributed by atoms with Gasteiger partial charge >= 0.3 is 0 Å². The van der Waals surface area contributed by atoms with E-state index < -0.39 is 0 Å². The zero-order chi connectivity index (χ0) is 16.5. The van der Waals surface area contributed by atoms with E-state index in [1.807, 2.05) is 11.3 Å². The minimum atomic E-state index is 0.428. The van der Waals surface area contributed by atoms with Crippen LogP contribution in [0.4, 0.5) is 5.82 Å². The molecule has 1 fully saturated rings. The van der Waals surface area contributed by atoms with Crippen molar-refractivity contribution in [2.24, 2.45) is 0 Å². The third-order valence-corrected chi connectivity index (χ3v) is 6.97. The van der Waals surface area contributed by atoms with Crippen molar-refractivity contribution in [2.75, 3.05) is 25.0 Å². The first-order valence-electron chi connectivity index (χ1n) is 8.46. The van der Waals surface area contributed by atoms with E-state index in [2.05, 4.69) is 51.5 Å². The lowest BCUT2D eigenvalue weighted by atomic mass is 10.2. The van der Waals surface area contributed by atoms with E-state index in [-0.39, 0.29) is 0 Å². The lowest BCUT2D eigenvalue weighted by Gasteiger charge is -2.27. The van der Waals surface area contributed by atoms with Gasteiger partial charge in [0.2, 0.25) is 0 Å². The molecule has 1 N–H and O–H groups in total. The molecule has 4 rings (SSSR count). The summed E-state index contributed by atoms with van der Waals surface area (Å²) in [7, 11) is 0. The van der Waals surface area contributed by atoms with Crippen LogP contribution in [0.15, 0.2) is 23.8 Å². The minimum absolute atomic E-state index is 0.428. The van der Waals surface area contributed by atoms with Gasteiger partial charge in [0.05, 0.1) is 11.4 Å². The van der Waals surface area contributed by atoms with Crippen molar-refractivity contribution >= 4 is 38.7 Å². The number of thiophene rings is 2. The van der Waals surface area contributed by atoms with Gasteiger partial charge < -0.3 is 5.32 Å². The van der Waals surface area contributed by atoms with Gasteiger partial charge in [0, 0.05) is 16.3 Å². The zero-order valence-corrected chi connectivity index (χ0v) is 15.7. The Morgan fingerprint density at radius 1 is 1.25 bits per heavy atom. The van der Waals surface area contributed by atoms with Crippen molar-refractivity contribution < 1.29 is 0 Å². The van der Waals surface area contributed by atoms with Gasteiger partial charge in [-0.05, 0) is 56.8 Å². The van der Waals surface area contributed by atoms with Gasteiger partial charge in [0.25, 0.3) is 0 Å². The second kappa shape index (κ2) is 6.78. The van der Waals surface area contributed by atoms with Crippen LogP contribution < -0.4 is 5.32 Å². The van der Waals surface area contributed by atoms with Gasteiger partial charge in [0.15, 0.2) is 0 Å². The van der Waals surface area contributed by atoms with E-state index in [9.17, 15) is 0 Å². The SMILES string of the molecule is Cc1sc2ncnc(NC[C@H](c3cccs3)N3CCCC3)c2c1C. The van der Waals surface area contributed by atoms with Crippen LogP contribution in [0.3, 0.4) is 0 Å². The van der Waals surface area contributed by atoms with Gasteiger partial charge in [-0.25, -0.2) is 9.97 Å². The zero-order valence-electron chi connectivity index (χ0n) is 14.1. The van der Waals surface area contributed by atoms with E-state index in [4.69, 9.17) is 0 Å². The molecule has 1 aliphatic rings. The number of aryl methyl sites for hydroxylation is 2. The number of hydrogen-bond donors (Lipinski definition) is 1. The summed E-state index contributed by atoms with van der Waals surface area (Å²) >= 11 is 3.60. The number of hydrogen-bond acceptors (Lipinski definition) is 6. The molecule has 3 aromatic heterocycles. The summed E-state index contributed by atoms with van der Waals surface area (Å²) < 4.78 is 0. The molecular formula is C18H22N4S2. The predicted molar refractivity (Wildman–Crippen MR) is 103 cm³/mol. The third-order valence-electron chi connectivity index (χ3n) is 4.88. The lowest BCUT2D eigenvalue weighted by Crippen LogP contribution is -2.30. The highest BCUT2D eigenvalue weighted by Crippen LogP contribution is 2.34. The maximum atomic E-state index is 4.53. The standard InChI is InChI=1S/C18H22N4S2/c1-12-13(2)24-18-16(12)17(20-11-21-18)19-10-14(15-6-5-9-23-15)22-7-3-4-8-22/h5-6,9,11,14H,3-4,7-8,10H2,1-2H3,(H,19,20,21)/t14-/m1/s1. The highest BCUT2D eigenvalue weighted by atomic mass is 32.1. The topological polar surface area (TPSA) is 41.1 Å². The average Bonchev–Trinajstić information content (AvgIpc) is 3.32. The number of aromatic nitrogens is 2. The molecule has 6 heteroatoms. The average molecular weight is 359 g/mol. The van der Waals surface area contributed by atoms with Crippen LogP contribution in [0.2, 0.25) is 0 Å². The van der Waals surface area contributed by atoms with Crippen molar-refractivity contribution in [1.82, 2.24) is 14.9 Å². The first-order chi connectivity index (χ1) is 11.7. The van der Waals surface area contributed by atoms with Crippen molar-refractivity contribution in [2.45, 2.75) is 32.7 Å². The van der Waals surface area contributed by atoms with Crippen LogP contribution in [0.5, 0.6) is 0 Å². The van der Waals surface area contributed by atoms with Crippen LogP contribution in [-0.4, -0.2) is 34.5 Å². The summed E-state index contributed by atoms with van der Waals surface area (Å²) in [5.41, 5.74) is 1.30. The molecule has 1 atom stereocenters. The highest BCUT2D eigenvalue weighted by molar-refractivity contribution is 7.18. The number of rotatable bonds is 5. The molecule has 0 aromatic carbocycles. The van der Waals surface area contributed by atoms with E-state index in [1.165, 1.54) is 46.6 Å². The number of likely N-dealkylation sites (tertiary alicyclic amines) is 1. The number of nitrogens with one attached hydrogen (secondary N) is 1. The Morgan fingerprint density at radius 2 is 2.08 bits per heavy atom. The summed E-state index contributed by atoms with van der Waals surface area (Å²) in [5.74, 6) is 0.975. The maximum Gasteiger partial charge on any atom is 0.138 e. The molecule has 0 spiro atoms. The fraction of sp³-hybridized carbons (Fsp3) is 0.444. The highest BCUT2D eigenvalue weighted by Gasteiger charge is 2.24. The van der Waals surface area contributed by atoms with Crippen LogP contribution in [0, 0.1) is 13.8 Å². The normalized spacial score (nSPS) is 16.8. The molecule has 0 amide bonds. The molecule has 0 radical (unpaired) electrons. The van der Waals surface area contributed by atoms with E-state index in [0.29, 0.717) is 6.04 Å². The molecule has 1 saturated heterocycles. The molecule has 24 heavy (non-hydrogen) atoms. The van der Waals surface area contributed by atoms with Gasteiger partial charge in [-0.15, -0.1) is 22.7 Å². The molecule has 0 unspecified atom stereocenters. The first-order valence-corrected chi connectivity index (χ1v) is 10.2. The van der Waals surface area contributed by atoms with Gasteiger partial charge in [-0.1, -0.05) is 6.07 Å². The number of anilines is 1. The van der Waals surface area contributed by atoms with Crippen molar-refractivity contribution in [3.8, 4) is 0 Å². The van der Waals surface area contributed by atoms with Crippen LogP contribution in [0.1, 0.15) is 34.2 Å². The molecule has 4 nitrogen and oxygen atoms in total. The van der Waals surface area contributed by atoms with Crippen LogP contribution >= 0.6 is 22.7 Å². The van der Waals surface area contributed by atoms with E-state index >= 15 is 0 Å². The van der Waals surface area contributed by atoms with Gasteiger partial charge in [0.1, 0.15) is 17.0 Å². The Kier molecular flexibility index (Phi) is 4.52. The summed E-state index contributed by atoms with van der Waals surface area (Å²) in [6.45, 7) is 7.60. The lowest BCUT2D eigenvalue weighted by molar-refractivity contribution is 0.259. The Balaban J connectivity index is 1.60. The molecule has 0 saturated carbocycles. The Morgan fingerprint density at radius 3 is 2.83 bits per heavy atom. The number of nitrogens with zero attached hydrogens (tertiary/aromatic N) is 3. The summed E-state index contributed by atoms with van der Waals surface area (Å²) in [6, 6.07) is 4.83. The van der Waals surface area contributed by atoms with Crippen molar-refractivity contribution in [1.29, 1.82) is 0 Å². The maximum absolute atomic E-state index is 4.53. The Hall–Kier alpha value is -1.50. The fourth-order valence-electron chi connectivity index (χ4n) is 3.45. The molecule has 0 bridgehead atoms. The van der Waals surface area contributed by atoms with Crippen molar-refractivity contribution in [3.05, 3.63) is 39.2 Å². The first kappa shape index (κ1) is 16.0. The van der Waals surface area contributed by atoms with E-state index in [0.717, 1.165) is 17.2 Å². The molecule has 4 heterocycles. The summed E-state index contributed by atoms with van der Waals surface area (Å²) in [5, 5.41) is 6.99. The molecule has 1 aliphatic heterocycles. The second-order valence-electron chi connectivity index (χ2n) is 6.34. The largest absolute Gasteiger partial charge is 0.367 e. The Bertz CT molecular complexity index is 819. The molecule has 0 aliphatic carbocycles. The fourth-order valence-corrected chi connectivity index (χ4v) is 5.31. The summed E-state index contributed by atoms with van der Waals surface area (Å²) in [6.07, 6.45) is 4.29.